The van der Waals surface area contributed by atoms with E-state index < -0.39 is 0 Å². The summed E-state index contributed by atoms with van der Waals surface area (Å²) >= 11 is 1.44. The number of carbonyl (C=O) groups excluding carboxylic acids is 1. The van der Waals surface area contributed by atoms with E-state index in [1.165, 1.54) is 11.3 Å². The van der Waals surface area contributed by atoms with Gasteiger partial charge in [0.15, 0.2) is 0 Å². The normalized spacial score (nSPS) is 17.0. The molecule has 1 unspecified atom stereocenters. The first kappa shape index (κ1) is 16.1. The van der Waals surface area contributed by atoms with Crippen molar-refractivity contribution >= 4 is 17.2 Å². The molecule has 6 heteroatoms. The van der Waals surface area contributed by atoms with Crippen LogP contribution in [0.2, 0.25) is 0 Å². The standard InChI is InChI=1S/C17H21N3O2S/c1-11-16(23-12(2)19-11)17(21)20-15(13-5-8-22-9-6-13)14-4-3-7-18-10-14/h3-4,7,10,13,15H,5-6,8-9H2,1-2H3,(H,20,21). The Morgan fingerprint density at radius 1 is 1.39 bits per heavy atom. The number of aromatic nitrogens is 2. The largest absolute Gasteiger partial charge is 0.381 e. The highest BCUT2D eigenvalue weighted by Crippen LogP contribution is 2.30. The molecule has 0 bridgehead atoms. The quantitative estimate of drug-likeness (QED) is 0.935. The van der Waals surface area contributed by atoms with Crippen LogP contribution in [0.4, 0.5) is 0 Å². The Hall–Kier alpha value is -1.79. The molecular weight excluding hydrogens is 310 g/mol. The van der Waals surface area contributed by atoms with Crippen molar-refractivity contribution in [3.63, 3.8) is 0 Å². The molecule has 1 amide bonds. The van der Waals surface area contributed by atoms with Crippen molar-refractivity contribution in [2.24, 2.45) is 5.92 Å². The Labute approximate surface area is 140 Å². The minimum atomic E-state index is -0.0477. The minimum Gasteiger partial charge on any atom is -0.381 e. The molecule has 0 radical (unpaired) electrons. The third kappa shape index (κ3) is 3.76. The van der Waals surface area contributed by atoms with Gasteiger partial charge in [0, 0.05) is 25.6 Å². The Bertz CT molecular complexity index is 666. The third-order valence-electron chi connectivity index (χ3n) is 4.18. The van der Waals surface area contributed by atoms with Gasteiger partial charge >= 0.3 is 0 Å². The van der Waals surface area contributed by atoms with Crippen molar-refractivity contribution in [3.05, 3.63) is 45.7 Å². The Morgan fingerprint density at radius 2 is 2.17 bits per heavy atom. The van der Waals surface area contributed by atoms with E-state index in [1.54, 1.807) is 6.20 Å². The topological polar surface area (TPSA) is 64.1 Å². The van der Waals surface area contributed by atoms with Gasteiger partial charge in [0.05, 0.1) is 16.7 Å². The van der Waals surface area contributed by atoms with Crippen molar-refractivity contribution in [2.75, 3.05) is 13.2 Å². The molecule has 0 saturated carbocycles. The molecule has 0 aliphatic carbocycles. The number of amides is 1. The van der Waals surface area contributed by atoms with Crippen LogP contribution in [0.3, 0.4) is 0 Å². The summed E-state index contributed by atoms with van der Waals surface area (Å²) in [4.78, 5) is 22.0. The van der Waals surface area contributed by atoms with Crippen LogP contribution in [0.15, 0.2) is 24.5 Å². The predicted molar refractivity (Wildman–Crippen MR) is 89.6 cm³/mol. The maximum atomic E-state index is 12.7. The molecule has 1 aliphatic heterocycles. The fraction of sp³-hybridized carbons (Fsp3) is 0.471. The van der Waals surface area contributed by atoms with E-state index >= 15 is 0 Å². The third-order valence-corrected chi connectivity index (χ3v) is 5.25. The second-order valence-corrected chi connectivity index (χ2v) is 7.04. The number of thiazole rings is 1. The van der Waals surface area contributed by atoms with Crippen LogP contribution in [-0.4, -0.2) is 29.1 Å². The smallest absolute Gasteiger partial charge is 0.263 e. The number of rotatable bonds is 4. The van der Waals surface area contributed by atoms with Crippen molar-refractivity contribution in [2.45, 2.75) is 32.7 Å². The zero-order chi connectivity index (χ0) is 16.2. The lowest BCUT2D eigenvalue weighted by atomic mass is 9.87. The minimum absolute atomic E-state index is 0.0399. The van der Waals surface area contributed by atoms with Crippen molar-refractivity contribution in [1.82, 2.24) is 15.3 Å². The fourth-order valence-electron chi connectivity index (χ4n) is 3.03. The van der Waals surface area contributed by atoms with Gasteiger partial charge in [0.2, 0.25) is 0 Å². The molecule has 2 aromatic rings. The van der Waals surface area contributed by atoms with Crippen LogP contribution < -0.4 is 5.32 Å². The molecule has 5 nitrogen and oxygen atoms in total. The van der Waals surface area contributed by atoms with Crippen LogP contribution in [0, 0.1) is 19.8 Å². The highest BCUT2D eigenvalue weighted by molar-refractivity contribution is 7.13. The molecule has 1 aliphatic rings. The first-order chi connectivity index (χ1) is 11.1. The molecule has 3 heterocycles. The summed E-state index contributed by atoms with van der Waals surface area (Å²) in [6, 6.07) is 3.90. The van der Waals surface area contributed by atoms with E-state index in [9.17, 15) is 4.79 Å². The molecular formula is C17H21N3O2S. The average Bonchev–Trinajstić information content (AvgIpc) is 2.92. The van der Waals surface area contributed by atoms with E-state index in [4.69, 9.17) is 4.74 Å². The summed E-state index contributed by atoms with van der Waals surface area (Å²) in [5.41, 5.74) is 1.84. The highest BCUT2D eigenvalue weighted by atomic mass is 32.1. The van der Waals surface area contributed by atoms with Crippen molar-refractivity contribution in [1.29, 1.82) is 0 Å². The number of hydrogen-bond donors (Lipinski definition) is 1. The van der Waals surface area contributed by atoms with Crippen molar-refractivity contribution in [3.8, 4) is 0 Å². The van der Waals surface area contributed by atoms with Gasteiger partial charge in [-0.1, -0.05) is 6.07 Å². The zero-order valence-electron chi connectivity index (χ0n) is 13.4. The molecule has 0 aromatic carbocycles. The molecule has 1 N–H and O–H groups in total. The zero-order valence-corrected chi connectivity index (χ0v) is 14.2. The molecule has 1 saturated heterocycles. The van der Waals surface area contributed by atoms with Crippen LogP contribution in [0.5, 0.6) is 0 Å². The summed E-state index contributed by atoms with van der Waals surface area (Å²) in [5.74, 6) is 0.319. The Morgan fingerprint density at radius 3 is 2.78 bits per heavy atom. The SMILES string of the molecule is Cc1nc(C)c(C(=O)NC(c2cccnc2)C2CCOCC2)s1. The van der Waals surface area contributed by atoms with Gasteiger partial charge in [-0.05, 0) is 44.2 Å². The first-order valence-corrected chi connectivity index (χ1v) is 8.69. The van der Waals surface area contributed by atoms with Gasteiger partial charge in [0.1, 0.15) is 4.88 Å². The molecule has 3 rings (SSSR count). The van der Waals surface area contributed by atoms with Gasteiger partial charge in [-0.2, -0.15) is 0 Å². The van der Waals surface area contributed by atoms with Gasteiger partial charge in [-0.3, -0.25) is 9.78 Å². The van der Waals surface area contributed by atoms with Gasteiger partial charge in [-0.15, -0.1) is 11.3 Å². The average molecular weight is 331 g/mol. The monoisotopic (exact) mass is 331 g/mol. The molecule has 122 valence electrons. The van der Waals surface area contributed by atoms with Crippen LogP contribution >= 0.6 is 11.3 Å². The second-order valence-electron chi connectivity index (χ2n) is 5.83. The van der Waals surface area contributed by atoms with E-state index in [1.807, 2.05) is 32.2 Å². The van der Waals surface area contributed by atoms with E-state index in [0.29, 0.717) is 10.8 Å². The Kier molecular flexibility index (Phi) is 5.03. The molecule has 23 heavy (non-hydrogen) atoms. The molecule has 1 fully saturated rings. The van der Waals surface area contributed by atoms with Crippen LogP contribution in [0.1, 0.15) is 44.8 Å². The molecule has 0 spiro atoms. The number of pyridine rings is 1. The van der Waals surface area contributed by atoms with Crippen molar-refractivity contribution < 1.29 is 9.53 Å². The molecule has 2 aromatic heterocycles. The van der Waals surface area contributed by atoms with Crippen LogP contribution in [0.25, 0.3) is 0 Å². The number of ether oxygens (including phenoxy) is 1. The fourth-order valence-corrected chi connectivity index (χ4v) is 3.85. The number of nitrogens with zero attached hydrogens (tertiary/aromatic N) is 2. The molecule has 1 atom stereocenters. The van der Waals surface area contributed by atoms with E-state index in [0.717, 1.165) is 42.3 Å². The van der Waals surface area contributed by atoms with Gasteiger partial charge in [0.25, 0.3) is 5.91 Å². The maximum Gasteiger partial charge on any atom is 0.263 e. The lowest BCUT2D eigenvalue weighted by Gasteiger charge is -2.31. The highest BCUT2D eigenvalue weighted by Gasteiger charge is 2.28. The first-order valence-electron chi connectivity index (χ1n) is 7.87. The lowest BCUT2D eigenvalue weighted by molar-refractivity contribution is 0.0514. The summed E-state index contributed by atoms with van der Waals surface area (Å²) in [6.45, 7) is 5.30. The summed E-state index contributed by atoms with van der Waals surface area (Å²) < 4.78 is 5.46. The number of carbonyl (C=O) groups is 1. The summed E-state index contributed by atoms with van der Waals surface area (Å²) in [5, 5.41) is 4.12. The van der Waals surface area contributed by atoms with E-state index in [-0.39, 0.29) is 11.9 Å². The van der Waals surface area contributed by atoms with Gasteiger partial charge < -0.3 is 10.1 Å². The predicted octanol–water partition coefficient (Wildman–Crippen LogP) is 3.05. The lowest BCUT2D eigenvalue weighted by Crippen LogP contribution is -2.36. The van der Waals surface area contributed by atoms with Gasteiger partial charge in [-0.25, -0.2) is 4.98 Å². The summed E-state index contributed by atoms with van der Waals surface area (Å²) in [6.07, 6.45) is 5.48. The second kappa shape index (κ2) is 7.19. The Balaban J connectivity index is 1.83. The number of hydrogen-bond acceptors (Lipinski definition) is 5. The summed E-state index contributed by atoms with van der Waals surface area (Å²) in [7, 11) is 0. The maximum absolute atomic E-state index is 12.7. The van der Waals surface area contributed by atoms with Crippen LogP contribution in [-0.2, 0) is 4.74 Å². The number of aryl methyl sites for hydroxylation is 2. The van der Waals surface area contributed by atoms with E-state index in [2.05, 4.69) is 15.3 Å². The number of nitrogens with one attached hydrogen (secondary N) is 1.